The zero-order chi connectivity index (χ0) is 14.6. The minimum absolute atomic E-state index is 0.214. The normalized spacial score (nSPS) is 19.9. The van der Waals surface area contributed by atoms with Crippen LogP contribution in [0.4, 0.5) is 0 Å². The van der Waals surface area contributed by atoms with E-state index in [0.29, 0.717) is 19.7 Å². The third-order valence-corrected chi connectivity index (χ3v) is 5.45. The molecular weight excluding hydrogens is 280 g/mol. The Kier molecular flexibility index (Phi) is 5.14. The zero-order valence-electron chi connectivity index (χ0n) is 11.9. The summed E-state index contributed by atoms with van der Waals surface area (Å²) >= 11 is 0. The average molecular weight is 302 g/mol. The van der Waals surface area contributed by atoms with Gasteiger partial charge in [-0.2, -0.15) is 9.40 Å². The summed E-state index contributed by atoms with van der Waals surface area (Å²) in [6, 6.07) is 1.74. The molecule has 1 aliphatic rings. The van der Waals surface area contributed by atoms with Crippen molar-refractivity contribution in [3.8, 4) is 0 Å². The first-order chi connectivity index (χ1) is 9.55. The molecule has 0 saturated carbocycles. The summed E-state index contributed by atoms with van der Waals surface area (Å²) in [5, 5.41) is 7.48. The van der Waals surface area contributed by atoms with Gasteiger partial charge in [-0.15, -0.1) is 0 Å². The first kappa shape index (κ1) is 15.4. The summed E-state index contributed by atoms with van der Waals surface area (Å²) in [6.07, 6.45) is 3.59. The van der Waals surface area contributed by atoms with Crippen LogP contribution in [-0.2, 0) is 21.8 Å². The fourth-order valence-corrected chi connectivity index (χ4v) is 3.98. The second-order valence-electron chi connectivity index (χ2n) is 4.94. The lowest BCUT2D eigenvalue weighted by Crippen LogP contribution is -2.43. The van der Waals surface area contributed by atoms with E-state index in [4.69, 9.17) is 4.74 Å². The Morgan fingerprint density at radius 3 is 2.95 bits per heavy atom. The number of nitrogens with one attached hydrogen (secondary N) is 1. The van der Waals surface area contributed by atoms with Crippen molar-refractivity contribution in [2.45, 2.75) is 23.9 Å². The Bertz CT molecular complexity index is 523. The minimum atomic E-state index is -3.53. The zero-order valence-corrected chi connectivity index (χ0v) is 12.8. The fourth-order valence-electron chi connectivity index (χ4n) is 2.41. The van der Waals surface area contributed by atoms with Crippen molar-refractivity contribution < 1.29 is 13.2 Å². The van der Waals surface area contributed by atoms with Crippen molar-refractivity contribution in [3.05, 3.63) is 12.3 Å². The maximum Gasteiger partial charge on any atom is 0.260 e. The van der Waals surface area contributed by atoms with Crippen LogP contribution in [0.15, 0.2) is 17.3 Å². The van der Waals surface area contributed by atoms with Crippen molar-refractivity contribution >= 4 is 10.0 Å². The molecule has 0 spiro atoms. The lowest BCUT2D eigenvalue weighted by molar-refractivity contribution is 0.176. The highest BCUT2D eigenvalue weighted by Gasteiger charge is 2.30. The number of ether oxygens (including phenoxy) is 1. The van der Waals surface area contributed by atoms with Gasteiger partial charge < -0.3 is 10.1 Å². The van der Waals surface area contributed by atoms with Gasteiger partial charge in [0.15, 0.2) is 5.03 Å². The third-order valence-electron chi connectivity index (χ3n) is 3.51. The SMILES string of the molecule is COCCN(CC1CCCN1)S(=O)(=O)c1ccnn1C. The van der Waals surface area contributed by atoms with Gasteiger partial charge in [-0.1, -0.05) is 0 Å². The van der Waals surface area contributed by atoms with Crippen molar-refractivity contribution in [3.63, 3.8) is 0 Å². The molecule has 0 amide bonds. The summed E-state index contributed by atoms with van der Waals surface area (Å²) in [7, 11) is -0.328. The van der Waals surface area contributed by atoms with E-state index in [9.17, 15) is 8.42 Å². The highest BCUT2D eigenvalue weighted by atomic mass is 32.2. The molecule has 1 fully saturated rings. The van der Waals surface area contributed by atoms with E-state index in [2.05, 4.69) is 10.4 Å². The number of rotatable bonds is 7. The van der Waals surface area contributed by atoms with E-state index in [1.807, 2.05) is 0 Å². The first-order valence-corrected chi connectivity index (χ1v) is 8.20. The highest BCUT2D eigenvalue weighted by Crippen LogP contribution is 2.17. The third kappa shape index (κ3) is 3.38. The van der Waals surface area contributed by atoms with Gasteiger partial charge in [0.2, 0.25) is 0 Å². The number of aromatic nitrogens is 2. The van der Waals surface area contributed by atoms with Crippen LogP contribution in [-0.4, -0.2) is 61.9 Å². The summed E-state index contributed by atoms with van der Waals surface area (Å²) in [6.45, 7) is 2.15. The Morgan fingerprint density at radius 1 is 1.60 bits per heavy atom. The molecule has 1 aromatic rings. The standard InChI is InChI=1S/C12H22N4O3S/c1-15-12(5-7-14-15)20(17,18)16(8-9-19-2)10-11-4-3-6-13-11/h5,7,11,13H,3-4,6,8-10H2,1-2H3. The van der Waals surface area contributed by atoms with Gasteiger partial charge in [0.05, 0.1) is 12.8 Å². The maximum absolute atomic E-state index is 12.7. The predicted molar refractivity (Wildman–Crippen MR) is 74.9 cm³/mol. The number of nitrogens with zero attached hydrogens (tertiary/aromatic N) is 3. The molecular formula is C12H22N4O3S. The van der Waals surface area contributed by atoms with E-state index in [-0.39, 0.29) is 11.1 Å². The number of hydrogen-bond donors (Lipinski definition) is 1. The quantitative estimate of drug-likeness (QED) is 0.755. The van der Waals surface area contributed by atoms with Crippen LogP contribution in [0.3, 0.4) is 0 Å². The van der Waals surface area contributed by atoms with Crippen LogP contribution in [0, 0.1) is 0 Å². The predicted octanol–water partition coefficient (Wildman–Crippen LogP) is -0.191. The van der Waals surface area contributed by atoms with Gasteiger partial charge in [0, 0.05) is 33.3 Å². The molecule has 1 N–H and O–H groups in total. The topological polar surface area (TPSA) is 76.5 Å². The summed E-state index contributed by atoms with van der Waals surface area (Å²) in [5.41, 5.74) is 0. The van der Waals surface area contributed by atoms with Crippen LogP contribution in [0.1, 0.15) is 12.8 Å². The molecule has 2 heterocycles. The lowest BCUT2D eigenvalue weighted by atomic mass is 10.2. The molecule has 20 heavy (non-hydrogen) atoms. The molecule has 8 heteroatoms. The van der Waals surface area contributed by atoms with Crippen molar-refractivity contribution in [2.24, 2.45) is 7.05 Å². The Hall–Kier alpha value is -0.960. The van der Waals surface area contributed by atoms with E-state index in [0.717, 1.165) is 19.4 Å². The van der Waals surface area contributed by atoms with Gasteiger partial charge in [-0.05, 0) is 25.5 Å². The molecule has 1 atom stereocenters. The second-order valence-corrected chi connectivity index (χ2v) is 6.83. The van der Waals surface area contributed by atoms with E-state index in [1.54, 1.807) is 14.2 Å². The smallest absolute Gasteiger partial charge is 0.260 e. The van der Waals surface area contributed by atoms with Crippen molar-refractivity contribution in [1.82, 2.24) is 19.4 Å². The molecule has 1 saturated heterocycles. The summed E-state index contributed by atoms with van der Waals surface area (Å²) in [4.78, 5) is 0. The van der Waals surface area contributed by atoms with Gasteiger partial charge in [0.25, 0.3) is 10.0 Å². The van der Waals surface area contributed by atoms with E-state index < -0.39 is 10.0 Å². The Morgan fingerprint density at radius 2 is 2.40 bits per heavy atom. The second kappa shape index (κ2) is 6.66. The number of hydrogen-bond acceptors (Lipinski definition) is 5. The monoisotopic (exact) mass is 302 g/mol. The Balaban J connectivity index is 2.18. The molecule has 114 valence electrons. The van der Waals surface area contributed by atoms with Crippen molar-refractivity contribution in [1.29, 1.82) is 0 Å². The Labute approximate surface area is 120 Å². The average Bonchev–Trinajstić information content (AvgIpc) is 3.05. The minimum Gasteiger partial charge on any atom is -0.383 e. The molecule has 7 nitrogen and oxygen atoms in total. The highest BCUT2D eigenvalue weighted by molar-refractivity contribution is 7.89. The van der Waals surface area contributed by atoms with Crippen LogP contribution >= 0.6 is 0 Å². The van der Waals surface area contributed by atoms with Crippen LogP contribution in [0.25, 0.3) is 0 Å². The molecule has 1 aromatic heterocycles. The molecule has 1 aliphatic heterocycles. The largest absolute Gasteiger partial charge is 0.383 e. The summed E-state index contributed by atoms with van der Waals surface area (Å²) in [5.74, 6) is 0. The molecule has 0 radical (unpaired) electrons. The van der Waals surface area contributed by atoms with E-state index in [1.165, 1.54) is 21.3 Å². The van der Waals surface area contributed by atoms with Crippen LogP contribution < -0.4 is 5.32 Å². The van der Waals surface area contributed by atoms with Crippen molar-refractivity contribution in [2.75, 3.05) is 33.4 Å². The molecule has 0 aliphatic carbocycles. The number of methoxy groups -OCH3 is 1. The van der Waals surface area contributed by atoms with Gasteiger partial charge in [0.1, 0.15) is 0 Å². The molecule has 2 rings (SSSR count). The number of aryl methyl sites for hydroxylation is 1. The lowest BCUT2D eigenvalue weighted by Gasteiger charge is -2.24. The molecule has 1 unspecified atom stereocenters. The van der Waals surface area contributed by atoms with Gasteiger partial charge in [-0.25, -0.2) is 8.42 Å². The molecule has 0 bridgehead atoms. The van der Waals surface area contributed by atoms with Crippen LogP contribution in [0.2, 0.25) is 0 Å². The van der Waals surface area contributed by atoms with E-state index >= 15 is 0 Å². The maximum atomic E-state index is 12.7. The number of sulfonamides is 1. The van der Waals surface area contributed by atoms with Gasteiger partial charge >= 0.3 is 0 Å². The first-order valence-electron chi connectivity index (χ1n) is 6.76. The van der Waals surface area contributed by atoms with Crippen LogP contribution in [0.5, 0.6) is 0 Å². The molecule has 0 aromatic carbocycles. The fraction of sp³-hybridized carbons (Fsp3) is 0.750. The summed E-state index contributed by atoms with van der Waals surface area (Å²) < 4.78 is 33.3. The van der Waals surface area contributed by atoms with Gasteiger partial charge in [-0.3, -0.25) is 4.68 Å².